The number of fused-ring (bicyclic) bond motifs is 5. The van der Waals surface area contributed by atoms with E-state index in [9.17, 15) is 5.11 Å². The predicted molar refractivity (Wildman–Crippen MR) is 180 cm³/mol. The molecule has 0 fully saturated rings. The molecular formula is C40H24N3O2Pt-. The van der Waals surface area contributed by atoms with E-state index in [-0.39, 0.29) is 26.8 Å². The van der Waals surface area contributed by atoms with E-state index in [1.165, 1.54) is 0 Å². The fraction of sp³-hybridized carbons (Fsp3) is 0. The number of aromatic hydroxyl groups is 1. The zero-order valence-corrected chi connectivity index (χ0v) is 26.6. The first-order valence-corrected chi connectivity index (χ1v) is 14.8. The van der Waals surface area contributed by atoms with E-state index in [1.807, 2.05) is 91.0 Å². The third kappa shape index (κ3) is 4.43. The van der Waals surface area contributed by atoms with Crippen LogP contribution in [0.5, 0.6) is 5.75 Å². The molecule has 0 atom stereocenters. The van der Waals surface area contributed by atoms with E-state index in [4.69, 9.17) is 14.4 Å². The maximum absolute atomic E-state index is 11.4. The van der Waals surface area contributed by atoms with Crippen molar-refractivity contribution in [3.05, 3.63) is 146 Å². The van der Waals surface area contributed by atoms with E-state index in [0.29, 0.717) is 17.0 Å². The molecule has 6 heteroatoms. The molecule has 0 unspecified atom stereocenters. The number of pyridine rings is 1. The van der Waals surface area contributed by atoms with Crippen molar-refractivity contribution in [3.8, 4) is 45.3 Å². The van der Waals surface area contributed by atoms with Gasteiger partial charge in [0.05, 0.1) is 22.3 Å². The van der Waals surface area contributed by atoms with Crippen LogP contribution in [0, 0.1) is 6.07 Å². The van der Waals surface area contributed by atoms with Crippen LogP contribution in [-0.4, -0.2) is 19.6 Å². The Labute approximate surface area is 278 Å². The number of rotatable bonds is 4. The zero-order valence-electron chi connectivity index (χ0n) is 24.3. The molecule has 5 nitrogen and oxygen atoms in total. The zero-order chi connectivity index (χ0) is 29.9. The molecule has 0 radical (unpaired) electrons. The molecule has 0 aliphatic heterocycles. The van der Waals surface area contributed by atoms with Crippen LogP contribution in [0.4, 0.5) is 0 Å². The molecule has 0 aliphatic carbocycles. The van der Waals surface area contributed by atoms with Crippen LogP contribution >= 0.6 is 0 Å². The Kier molecular flexibility index (Phi) is 6.78. The summed E-state index contributed by atoms with van der Waals surface area (Å²) in [5.41, 5.74) is 8.19. The van der Waals surface area contributed by atoms with Gasteiger partial charge in [-0.05, 0) is 41.4 Å². The molecule has 6 aromatic carbocycles. The van der Waals surface area contributed by atoms with Gasteiger partial charge >= 0.3 is 0 Å². The first-order chi connectivity index (χ1) is 22.2. The van der Waals surface area contributed by atoms with E-state index < -0.39 is 0 Å². The molecule has 3 aromatic heterocycles. The first-order valence-electron chi connectivity index (χ1n) is 14.8. The van der Waals surface area contributed by atoms with Crippen LogP contribution in [0.2, 0.25) is 0 Å². The number of hydrogen-bond donors (Lipinski definition) is 1. The Bertz CT molecular complexity index is 2550. The third-order valence-corrected chi connectivity index (χ3v) is 8.42. The smallest absolute Gasteiger partial charge is 0.149 e. The molecule has 0 spiro atoms. The summed E-state index contributed by atoms with van der Waals surface area (Å²) in [6.07, 6.45) is 0. The molecule has 0 saturated heterocycles. The number of benzene rings is 6. The fourth-order valence-corrected chi connectivity index (χ4v) is 6.34. The summed E-state index contributed by atoms with van der Waals surface area (Å²) >= 11 is 0. The van der Waals surface area contributed by atoms with Crippen LogP contribution in [0.1, 0.15) is 0 Å². The van der Waals surface area contributed by atoms with Crippen LogP contribution in [-0.2, 0) is 21.1 Å². The van der Waals surface area contributed by atoms with Gasteiger partial charge in [0.2, 0.25) is 0 Å². The minimum Gasteiger partial charge on any atom is -0.507 e. The topological polar surface area (TPSA) is 64.1 Å². The van der Waals surface area contributed by atoms with Gasteiger partial charge in [0.25, 0.3) is 0 Å². The molecule has 46 heavy (non-hydrogen) atoms. The Morgan fingerprint density at radius 1 is 0.630 bits per heavy atom. The van der Waals surface area contributed by atoms with Gasteiger partial charge in [-0.25, -0.2) is 4.98 Å². The molecule has 1 N–H and O–H groups in total. The summed E-state index contributed by atoms with van der Waals surface area (Å²) in [6, 6.07) is 49.6. The molecular weight excluding hydrogens is 750 g/mol. The van der Waals surface area contributed by atoms with Gasteiger partial charge in [0, 0.05) is 54.5 Å². The second kappa shape index (κ2) is 11.1. The Hall–Kier alpha value is -5.51. The van der Waals surface area contributed by atoms with E-state index in [2.05, 4.69) is 53.1 Å². The standard InChI is InChI=1S/C40H24N3O2.Pt/c44-35-24-37-31(29-18-9-10-21-36(29)45-37)23-32(35)40-42-39-30(19-11-20-34(39)43(40)27-15-5-2-6-16-27)38-28-17-8-7-14-26(28)22-33(41-38)25-12-3-1-4-13-25;/h1-12,14-24,44H;/q-1;. The number of phenolic OH excluding ortho intramolecular Hbond substituents is 1. The van der Waals surface area contributed by atoms with Crippen molar-refractivity contribution in [1.29, 1.82) is 0 Å². The number of aromatic nitrogens is 3. The van der Waals surface area contributed by atoms with E-state index in [1.54, 1.807) is 6.07 Å². The molecule has 9 rings (SSSR count). The number of imidazole rings is 1. The number of hydrogen-bond acceptors (Lipinski definition) is 4. The normalized spacial score (nSPS) is 11.4. The maximum Gasteiger partial charge on any atom is 0.149 e. The number of furan rings is 1. The van der Waals surface area contributed by atoms with Crippen LogP contribution in [0.15, 0.2) is 144 Å². The van der Waals surface area contributed by atoms with Crippen molar-refractivity contribution in [3.63, 3.8) is 0 Å². The van der Waals surface area contributed by atoms with Crippen molar-refractivity contribution in [1.82, 2.24) is 14.5 Å². The predicted octanol–water partition coefficient (Wildman–Crippen LogP) is 9.98. The summed E-state index contributed by atoms with van der Waals surface area (Å²) < 4.78 is 8.18. The summed E-state index contributed by atoms with van der Waals surface area (Å²) in [4.78, 5) is 10.5. The summed E-state index contributed by atoms with van der Waals surface area (Å²) in [5, 5.41) is 15.5. The Balaban J connectivity index is 0.00000312. The molecule has 9 aromatic rings. The van der Waals surface area contributed by atoms with Crippen LogP contribution < -0.4 is 0 Å². The average Bonchev–Trinajstić information content (AvgIpc) is 3.66. The van der Waals surface area contributed by atoms with Gasteiger partial charge in [-0.15, -0.1) is 35.9 Å². The summed E-state index contributed by atoms with van der Waals surface area (Å²) in [7, 11) is 0. The first kappa shape index (κ1) is 28.0. The second-order valence-corrected chi connectivity index (χ2v) is 11.1. The average molecular weight is 774 g/mol. The van der Waals surface area contributed by atoms with Gasteiger partial charge in [-0.1, -0.05) is 78.9 Å². The minimum absolute atomic E-state index is 0. The molecule has 222 valence electrons. The summed E-state index contributed by atoms with van der Waals surface area (Å²) in [5.74, 6) is 0.728. The van der Waals surface area contributed by atoms with Crippen molar-refractivity contribution in [2.24, 2.45) is 0 Å². The van der Waals surface area contributed by atoms with Gasteiger partial charge in [-0.3, -0.25) is 9.55 Å². The van der Waals surface area contributed by atoms with Gasteiger partial charge < -0.3 is 9.52 Å². The third-order valence-electron chi connectivity index (χ3n) is 8.42. The molecule has 0 saturated carbocycles. The monoisotopic (exact) mass is 773 g/mol. The van der Waals surface area contributed by atoms with Crippen LogP contribution in [0.25, 0.3) is 83.3 Å². The number of para-hydroxylation sites is 3. The van der Waals surface area contributed by atoms with Gasteiger partial charge in [0.15, 0.2) is 0 Å². The molecule has 3 heterocycles. The number of phenols is 1. The van der Waals surface area contributed by atoms with Crippen molar-refractivity contribution < 1.29 is 30.6 Å². The largest absolute Gasteiger partial charge is 0.507 e. The van der Waals surface area contributed by atoms with Crippen molar-refractivity contribution in [2.45, 2.75) is 0 Å². The molecule has 0 aliphatic rings. The van der Waals surface area contributed by atoms with E-state index >= 15 is 0 Å². The van der Waals surface area contributed by atoms with Gasteiger partial charge in [-0.2, -0.15) is 0 Å². The van der Waals surface area contributed by atoms with Crippen molar-refractivity contribution >= 4 is 43.7 Å². The van der Waals surface area contributed by atoms with Crippen molar-refractivity contribution in [2.75, 3.05) is 0 Å². The Morgan fingerprint density at radius 2 is 1.41 bits per heavy atom. The fourth-order valence-electron chi connectivity index (χ4n) is 6.34. The number of nitrogens with zero attached hydrogens (tertiary/aromatic N) is 3. The van der Waals surface area contributed by atoms with E-state index in [0.717, 1.165) is 66.4 Å². The SMILES string of the molecule is Oc1cc2oc3ccccc3c2cc1-c1nc2c(-c3nc(-c4[c-]cccc4)cc4ccccc34)cccc2n1-c1ccccc1.[Pt]. The maximum atomic E-state index is 11.4. The molecule has 0 bridgehead atoms. The summed E-state index contributed by atoms with van der Waals surface area (Å²) in [6.45, 7) is 0. The van der Waals surface area contributed by atoms with Gasteiger partial charge in [0.1, 0.15) is 22.7 Å². The molecule has 0 amide bonds. The second-order valence-electron chi connectivity index (χ2n) is 11.1. The quantitative estimate of drug-likeness (QED) is 0.181. The minimum atomic E-state index is 0. The Morgan fingerprint density at radius 3 is 2.26 bits per heavy atom. The van der Waals surface area contributed by atoms with Crippen LogP contribution in [0.3, 0.4) is 0 Å².